The fourth-order valence-corrected chi connectivity index (χ4v) is 2.96. The molecule has 112 valence electrons. The van der Waals surface area contributed by atoms with Gasteiger partial charge in [-0.05, 0) is 30.5 Å². The van der Waals surface area contributed by atoms with Crippen molar-refractivity contribution in [3.63, 3.8) is 0 Å². The van der Waals surface area contributed by atoms with Crippen LogP contribution in [-0.2, 0) is 0 Å². The number of pyridine rings is 2. The number of hydrogen-bond acceptors (Lipinski definition) is 5. The van der Waals surface area contributed by atoms with Gasteiger partial charge >= 0.3 is 0 Å². The second kappa shape index (κ2) is 5.48. The van der Waals surface area contributed by atoms with Gasteiger partial charge < -0.3 is 0 Å². The molecule has 23 heavy (non-hydrogen) atoms. The number of thioether (sulfide) groups is 1. The molecular weight excluding hydrogens is 308 g/mol. The minimum absolute atomic E-state index is 0.162. The lowest BCUT2D eigenvalue weighted by Gasteiger charge is -2.11. The molecule has 1 aromatic carbocycles. The summed E-state index contributed by atoms with van der Waals surface area (Å²) in [4.78, 5) is 26.2. The highest BCUT2D eigenvalue weighted by Gasteiger charge is 2.14. The van der Waals surface area contributed by atoms with Gasteiger partial charge in [0.05, 0.1) is 16.6 Å². The normalized spacial score (nSPS) is 11.2. The summed E-state index contributed by atoms with van der Waals surface area (Å²) in [7, 11) is 0. The molecule has 4 rings (SSSR count). The molecule has 0 aliphatic carbocycles. The molecule has 0 bridgehead atoms. The molecule has 0 radical (unpaired) electrons. The first kappa shape index (κ1) is 13.9. The van der Waals surface area contributed by atoms with Gasteiger partial charge in [0.1, 0.15) is 5.65 Å². The Kier molecular flexibility index (Phi) is 3.31. The van der Waals surface area contributed by atoms with Crippen molar-refractivity contribution < 1.29 is 0 Å². The molecule has 3 aromatic heterocycles. The third-order valence-electron chi connectivity index (χ3n) is 3.65. The van der Waals surface area contributed by atoms with Gasteiger partial charge in [-0.3, -0.25) is 9.36 Å². The van der Waals surface area contributed by atoms with Gasteiger partial charge in [-0.25, -0.2) is 15.0 Å². The summed E-state index contributed by atoms with van der Waals surface area (Å²) in [6.45, 7) is 0. The Hall–Kier alpha value is -2.73. The van der Waals surface area contributed by atoms with Crippen molar-refractivity contribution in [2.75, 3.05) is 6.26 Å². The molecule has 0 fully saturated rings. The molecule has 0 saturated heterocycles. The zero-order valence-corrected chi connectivity index (χ0v) is 13.1. The van der Waals surface area contributed by atoms with Gasteiger partial charge in [0.15, 0.2) is 5.16 Å². The van der Waals surface area contributed by atoms with Gasteiger partial charge in [0.2, 0.25) is 0 Å². The average molecular weight is 320 g/mol. The van der Waals surface area contributed by atoms with E-state index >= 15 is 0 Å². The first-order valence-corrected chi connectivity index (χ1v) is 8.28. The van der Waals surface area contributed by atoms with Gasteiger partial charge in [-0.15, -0.1) is 0 Å². The van der Waals surface area contributed by atoms with Crippen LogP contribution >= 0.6 is 11.8 Å². The summed E-state index contributed by atoms with van der Waals surface area (Å²) in [6, 6.07) is 13.3. The third-order valence-corrected chi connectivity index (χ3v) is 4.21. The van der Waals surface area contributed by atoms with E-state index in [0.717, 1.165) is 11.1 Å². The minimum atomic E-state index is -0.162. The van der Waals surface area contributed by atoms with E-state index in [0.29, 0.717) is 21.7 Å². The quantitative estimate of drug-likeness (QED) is 0.323. The molecule has 5 nitrogen and oxygen atoms in total. The van der Waals surface area contributed by atoms with Crippen LogP contribution in [0.3, 0.4) is 0 Å². The van der Waals surface area contributed by atoms with Crippen molar-refractivity contribution >= 4 is 33.7 Å². The number of aromatic nitrogens is 4. The summed E-state index contributed by atoms with van der Waals surface area (Å²) < 4.78 is 1.61. The first-order chi connectivity index (χ1) is 11.3. The summed E-state index contributed by atoms with van der Waals surface area (Å²) >= 11 is 1.45. The molecule has 0 unspecified atom stereocenters. The van der Waals surface area contributed by atoms with E-state index in [1.54, 1.807) is 17.0 Å². The SMILES string of the molecule is CSc1ncc2c(=O)n(-c3ccccc3)c3ncccc3c2n1. The molecule has 0 spiro atoms. The van der Waals surface area contributed by atoms with E-state index in [1.807, 2.05) is 48.7 Å². The predicted molar refractivity (Wildman–Crippen MR) is 92.2 cm³/mol. The molecule has 6 heteroatoms. The van der Waals surface area contributed by atoms with E-state index in [4.69, 9.17) is 0 Å². The van der Waals surface area contributed by atoms with E-state index in [1.165, 1.54) is 11.8 Å². The van der Waals surface area contributed by atoms with E-state index in [-0.39, 0.29) is 5.56 Å². The maximum Gasteiger partial charge on any atom is 0.267 e. The predicted octanol–water partition coefficient (Wildman–Crippen LogP) is 3.05. The minimum Gasteiger partial charge on any atom is -0.268 e. The van der Waals surface area contributed by atoms with Crippen LogP contribution < -0.4 is 5.56 Å². The summed E-state index contributed by atoms with van der Waals surface area (Å²) in [5.41, 5.74) is 1.86. The summed E-state index contributed by atoms with van der Waals surface area (Å²) in [5.74, 6) is 0. The average Bonchev–Trinajstić information content (AvgIpc) is 2.62. The summed E-state index contributed by atoms with van der Waals surface area (Å²) in [5, 5.41) is 1.97. The Morgan fingerprint density at radius 1 is 1.00 bits per heavy atom. The van der Waals surface area contributed by atoms with E-state index in [9.17, 15) is 4.79 Å². The Morgan fingerprint density at radius 3 is 2.61 bits per heavy atom. The van der Waals surface area contributed by atoms with Crippen LogP contribution in [0.4, 0.5) is 0 Å². The lowest BCUT2D eigenvalue weighted by Crippen LogP contribution is -2.20. The number of rotatable bonds is 2. The maximum absolute atomic E-state index is 13.0. The zero-order valence-electron chi connectivity index (χ0n) is 12.3. The van der Waals surface area contributed by atoms with E-state index < -0.39 is 0 Å². The Morgan fingerprint density at radius 2 is 1.83 bits per heavy atom. The van der Waals surface area contributed by atoms with Gasteiger partial charge in [0.25, 0.3) is 5.56 Å². The lowest BCUT2D eigenvalue weighted by molar-refractivity contribution is 0.984. The molecule has 3 heterocycles. The largest absolute Gasteiger partial charge is 0.268 e. The molecule has 0 aliphatic rings. The topological polar surface area (TPSA) is 60.7 Å². The first-order valence-electron chi connectivity index (χ1n) is 7.05. The highest BCUT2D eigenvalue weighted by Crippen LogP contribution is 2.23. The molecule has 0 amide bonds. The van der Waals surface area contributed by atoms with Crippen LogP contribution in [0.2, 0.25) is 0 Å². The molecule has 0 saturated carbocycles. The van der Waals surface area contributed by atoms with Gasteiger partial charge in [-0.1, -0.05) is 30.0 Å². The monoisotopic (exact) mass is 320 g/mol. The zero-order chi connectivity index (χ0) is 15.8. The molecule has 0 atom stereocenters. The van der Waals surface area contributed by atoms with Crippen LogP contribution in [0, 0.1) is 0 Å². The number of para-hydroxylation sites is 1. The fourth-order valence-electron chi connectivity index (χ4n) is 2.62. The standard InChI is InChI=1S/C17H12N4OS/c1-23-17-19-10-13-14(20-17)12-8-5-9-18-15(12)21(16(13)22)11-6-3-2-4-7-11/h2-10H,1H3. The summed E-state index contributed by atoms with van der Waals surface area (Å²) in [6.07, 6.45) is 5.19. The molecule has 0 aliphatic heterocycles. The highest BCUT2D eigenvalue weighted by atomic mass is 32.2. The lowest BCUT2D eigenvalue weighted by atomic mass is 10.2. The van der Waals surface area contributed by atoms with Crippen LogP contribution in [-0.4, -0.2) is 25.8 Å². The van der Waals surface area contributed by atoms with Crippen LogP contribution in [0.1, 0.15) is 0 Å². The van der Waals surface area contributed by atoms with Crippen LogP contribution in [0.5, 0.6) is 0 Å². The van der Waals surface area contributed by atoms with Gasteiger partial charge in [0, 0.05) is 17.8 Å². The number of hydrogen-bond donors (Lipinski definition) is 0. The third kappa shape index (κ3) is 2.19. The molecule has 4 aromatic rings. The Bertz CT molecular complexity index is 1080. The van der Waals surface area contributed by atoms with Crippen molar-refractivity contribution in [2.24, 2.45) is 0 Å². The fraction of sp³-hybridized carbons (Fsp3) is 0.0588. The van der Waals surface area contributed by atoms with Crippen molar-refractivity contribution in [1.29, 1.82) is 0 Å². The molecular formula is C17H12N4OS. The number of nitrogens with zero attached hydrogens (tertiary/aromatic N) is 4. The van der Waals surface area contributed by atoms with Crippen molar-refractivity contribution in [3.8, 4) is 5.69 Å². The Labute approximate surface area is 136 Å². The van der Waals surface area contributed by atoms with Crippen molar-refractivity contribution in [2.45, 2.75) is 5.16 Å². The smallest absolute Gasteiger partial charge is 0.267 e. The van der Waals surface area contributed by atoms with Crippen LogP contribution in [0.15, 0.2) is 64.8 Å². The van der Waals surface area contributed by atoms with Gasteiger partial charge in [-0.2, -0.15) is 0 Å². The number of benzene rings is 1. The maximum atomic E-state index is 13.0. The second-order valence-corrected chi connectivity index (χ2v) is 5.74. The van der Waals surface area contributed by atoms with Crippen molar-refractivity contribution in [3.05, 3.63) is 65.2 Å². The van der Waals surface area contributed by atoms with Crippen LogP contribution in [0.25, 0.3) is 27.6 Å². The van der Waals surface area contributed by atoms with E-state index in [2.05, 4.69) is 15.0 Å². The Balaban J connectivity index is 2.23. The second-order valence-electron chi connectivity index (χ2n) is 4.97. The van der Waals surface area contributed by atoms with Crippen molar-refractivity contribution in [1.82, 2.24) is 19.5 Å². The molecule has 0 N–H and O–H groups in total. The number of fused-ring (bicyclic) bond motifs is 3. The highest BCUT2D eigenvalue weighted by molar-refractivity contribution is 7.98.